The van der Waals surface area contributed by atoms with Crippen molar-refractivity contribution < 1.29 is 24.5 Å². The van der Waals surface area contributed by atoms with Crippen molar-refractivity contribution in [3.05, 3.63) is 0 Å². The van der Waals surface area contributed by atoms with Crippen molar-refractivity contribution in [3.63, 3.8) is 0 Å². The summed E-state index contributed by atoms with van der Waals surface area (Å²) in [5, 5.41) is 22.5. The molecule has 0 aromatic rings. The zero-order valence-corrected chi connectivity index (χ0v) is 9.41. The number of fused-ring (bicyclic) bond motifs is 1. The molecule has 2 saturated heterocycles. The number of aliphatic hydroxyl groups is 1. The SMILES string of the molecule is O=C1OC2(C(=O)[O-])C3C4CC5C6C4C2C6C1(O)C53. The Labute approximate surface area is 102 Å². The summed E-state index contributed by atoms with van der Waals surface area (Å²) >= 11 is 0. The third-order valence-electron chi connectivity index (χ3n) is 7.42. The minimum Gasteiger partial charge on any atom is -0.546 e. The van der Waals surface area contributed by atoms with Crippen LogP contribution in [0.3, 0.4) is 0 Å². The maximum atomic E-state index is 12.1. The fraction of sp³-hybridized carbons (Fsp3) is 0.846. The second kappa shape index (κ2) is 1.92. The van der Waals surface area contributed by atoms with Gasteiger partial charge in [-0.25, -0.2) is 4.79 Å². The Hall–Kier alpha value is -1.10. The topological polar surface area (TPSA) is 86.7 Å². The van der Waals surface area contributed by atoms with Gasteiger partial charge in [0.1, 0.15) is 0 Å². The average molecular weight is 247 g/mol. The first kappa shape index (κ1) is 8.91. The van der Waals surface area contributed by atoms with Gasteiger partial charge in [0.05, 0.1) is 5.97 Å². The third-order valence-corrected chi connectivity index (χ3v) is 7.42. The zero-order chi connectivity index (χ0) is 12.2. The van der Waals surface area contributed by atoms with Gasteiger partial charge in [0.2, 0.25) is 0 Å². The van der Waals surface area contributed by atoms with E-state index in [4.69, 9.17) is 4.74 Å². The van der Waals surface area contributed by atoms with E-state index >= 15 is 0 Å². The minimum absolute atomic E-state index is 0.166. The van der Waals surface area contributed by atoms with Crippen molar-refractivity contribution in [3.8, 4) is 0 Å². The van der Waals surface area contributed by atoms with E-state index in [0.29, 0.717) is 23.7 Å². The minimum atomic E-state index is -1.39. The molecular weight excluding hydrogens is 236 g/mol. The Balaban J connectivity index is 1.74. The number of carboxylic acids is 1. The first-order chi connectivity index (χ1) is 8.54. The number of hydrogen-bond donors (Lipinski definition) is 1. The van der Waals surface area contributed by atoms with Gasteiger partial charge in [-0.05, 0) is 30.1 Å². The number of aliphatic carboxylic acids is 1. The molecule has 0 spiro atoms. The summed E-state index contributed by atoms with van der Waals surface area (Å²) in [4.78, 5) is 23.7. The van der Waals surface area contributed by atoms with Gasteiger partial charge >= 0.3 is 5.97 Å². The quantitative estimate of drug-likeness (QED) is 0.550. The van der Waals surface area contributed by atoms with Crippen LogP contribution in [-0.2, 0) is 14.3 Å². The molecule has 7 fully saturated rings. The summed E-state index contributed by atoms with van der Waals surface area (Å²) in [6.07, 6.45) is 0.978. The largest absolute Gasteiger partial charge is 0.546 e. The normalized spacial score (nSPS) is 75.1. The van der Waals surface area contributed by atoms with E-state index < -0.39 is 23.1 Å². The predicted molar refractivity (Wildman–Crippen MR) is 51.3 cm³/mol. The molecule has 5 aliphatic carbocycles. The van der Waals surface area contributed by atoms with Crippen LogP contribution in [0.25, 0.3) is 0 Å². The summed E-state index contributed by atoms with van der Waals surface area (Å²) in [6.45, 7) is 0. The molecule has 5 heteroatoms. The molecule has 1 N–H and O–H groups in total. The van der Waals surface area contributed by atoms with Gasteiger partial charge in [0.25, 0.3) is 0 Å². The van der Waals surface area contributed by atoms with Gasteiger partial charge in [0.15, 0.2) is 11.2 Å². The summed E-state index contributed by atoms with van der Waals surface area (Å²) in [5.74, 6) is -1.18. The second-order valence-corrected chi connectivity index (χ2v) is 7.12. The first-order valence-electron chi connectivity index (χ1n) is 6.72. The predicted octanol–water partition coefficient (Wildman–Crippen LogP) is -1.85. The third kappa shape index (κ3) is 0.451. The van der Waals surface area contributed by atoms with Gasteiger partial charge in [-0.1, -0.05) is 0 Å². The van der Waals surface area contributed by atoms with E-state index in [1.54, 1.807) is 0 Å². The molecule has 5 saturated carbocycles. The maximum Gasteiger partial charge on any atom is 0.339 e. The molecule has 0 radical (unpaired) electrons. The van der Waals surface area contributed by atoms with Crippen LogP contribution in [0.1, 0.15) is 6.42 Å². The van der Waals surface area contributed by atoms with Gasteiger partial charge < -0.3 is 19.7 Å². The van der Waals surface area contributed by atoms with Gasteiger partial charge in [-0.2, -0.15) is 0 Å². The molecule has 10 unspecified atom stereocenters. The summed E-state index contributed by atoms with van der Waals surface area (Å²) in [5.41, 5.74) is -2.77. The van der Waals surface area contributed by atoms with Crippen molar-refractivity contribution in [2.75, 3.05) is 0 Å². The van der Waals surface area contributed by atoms with Crippen LogP contribution in [-0.4, -0.2) is 28.2 Å². The number of rotatable bonds is 1. The molecule has 5 nitrogen and oxygen atoms in total. The van der Waals surface area contributed by atoms with Crippen LogP contribution in [0.15, 0.2) is 0 Å². The molecule has 10 atom stereocenters. The lowest BCUT2D eigenvalue weighted by atomic mass is 9.50. The standard InChI is InChI=1S/C13H12O5/c14-10(15)13-7-3-1-2-4-5(3)9(13)8(4)12(17,6(2)7)11(16)18-13/h2-9,17H,1H2,(H,14,15)/p-1. The van der Waals surface area contributed by atoms with E-state index in [-0.39, 0.29) is 23.7 Å². The molecule has 2 heterocycles. The molecule has 7 aliphatic rings. The average Bonchev–Trinajstić information content (AvgIpc) is 2.78. The van der Waals surface area contributed by atoms with Crippen LogP contribution in [0.4, 0.5) is 0 Å². The fourth-order valence-electron chi connectivity index (χ4n) is 7.56. The monoisotopic (exact) mass is 247 g/mol. The smallest absolute Gasteiger partial charge is 0.339 e. The van der Waals surface area contributed by atoms with Crippen LogP contribution in [0.2, 0.25) is 0 Å². The zero-order valence-electron chi connectivity index (χ0n) is 9.41. The number of carboxylic acid groups (broad SMARTS) is 1. The highest BCUT2D eigenvalue weighted by molar-refractivity contribution is 5.93. The maximum absolute atomic E-state index is 12.1. The molecular formula is C13H11O5-. The van der Waals surface area contributed by atoms with Crippen molar-refractivity contribution in [2.24, 2.45) is 47.3 Å². The molecule has 2 aliphatic heterocycles. The highest BCUT2D eigenvalue weighted by Crippen LogP contribution is 2.89. The number of carbonyl (C=O) groups excluding carboxylic acids is 2. The van der Waals surface area contributed by atoms with E-state index in [0.717, 1.165) is 6.42 Å². The molecule has 0 aromatic heterocycles. The van der Waals surface area contributed by atoms with Gasteiger partial charge in [-0.3, -0.25) is 0 Å². The fourth-order valence-corrected chi connectivity index (χ4v) is 7.56. The van der Waals surface area contributed by atoms with E-state index in [9.17, 15) is 19.8 Å². The molecule has 4 bridgehead atoms. The molecule has 0 aromatic carbocycles. The number of esters is 1. The Kier molecular flexibility index (Phi) is 0.949. The Morgan fingerprint density at radius 2 is 1.89 bits per heavy atom. The summed E-state index contributed by atoms with van der Waals surface area (Å²) in [6, 6.07) is 0. The highest BCUT2D eigenvalue weighted by atomic mass is 16.6. The Morgan fingerprint density at radius 3 is 2.61 bits per heavy atom. The summed E-state index contributed by atoms with van der Waals surface area (Å²) in [7, 11) is 0. The van der Waals surface area contributed by atoms with Crippen molar-refractivity contribution in [2.45, 2.75) is 17.6 Å². The van der Waals surface area contributed by atoms with E-state index in [1.165, 1.54) is 0 Å². The lowest BCUT2D eigenvalue weighted by Crippen LogP contribution is -2.78. The van der Waals surface area contributed by atoms with Crippen molar-refractivity contribution in [1.82, 2.24) is 0 Å². The molecule has 18 heavy (non-hydrogen) atoms. The van der Waals surface area contributed by atoms with E-state index in [1.807, 2.05) is 0 Å². The molecule has 94 valence electrons. The lowest BCUT2D eigenvalue weighted by molar-refractivity contribution is -0.355. The lowest BCUT2D eigenvalue weighted by Gasteiger charge is -2.62. The summed E-state index contributed by atoms with van der Waals surface area (Å²) < 4.78 is 5.27. The number of carbonyl (C=O) groups is 2. The van der Waals surface area contributed by atoms with Crippen molar-refractivity contribution >= 4 is 11.9 Å². The van der Waals surface area contributed by atoms with Crippen molar-refractivity contribution in [1.29, 1.82) is 0 Å². The first-order valence-corrected chi connectivity index (χ1v) is 6.72. The van der Waals surface area contributed by atoms with E-state index in [2.05, 4.69) is 0 Å². The second-order valence-electron chi connectivity index (χ2n) is 7.12. The highest BCUT2D eigenvalue weighted by Gasteiger charge is 2.96. The number of hydrogen-bond acceptors (Lipinski definition) is 5. The van der Waals surface area contributed by atoms with Crippen LogP contribution in [0.5, 0.6) is 0 Å². The van der Waals surface area contributed by atoms with Gasteiger partial charge in [0, 0.05) is 23.7 Å². The van der Waals surface area contributed by atoms with Gasteiger partial charge in [-0.15, -0.1) is 0 Å². The molecule has 7 rings (SSSR count). The Bertz CT molecular complexity index is 572. The van der Waals surface area contributed by atoms with Crippen LogP contribution < -0.4 is 5.11 Å². The molecule has 0 amide bonds. The number of ether oxygens (including phenoxy) is 1. The Morgan fingerprint density at radius 1 is 1.22 bits per heavy atom. The van der Waals surface area contributed by atoms with Crippen LogP contribution in [0, 0.1) is 47.3 Å². The van der Waals surface area contributed by atoms with Crippen LogP contribution >= 0.6 is 0 Å².